The molecular formula is C13H20N4S. The van der Waals surface area contributed by atoms with Gasteiger partial charge in [0.05, 0.1) is 17.0 Å². The average molecular weight is 264 g/mol. The molecule has 0 aliphatic heterocycles. The van der Waals surface area contributed by atoms with Gasteiger partial charge in [-0.25, -0.2) is 9.97 Å². The molecule has 0 amide bonds. The predicted molar refractivity (Wildman–Crippen MR) is 74.8 cm³/mol. The first-order valence-corrected chi connectivity index (χ1v) is 7.28. The maximum atomic E-state index is 4.34. The summed E-state index contributed by atoms with van der Waals surface area (Å²) in [6.45, 7) is 7.25. The fourth-order valence-electron chi connectivity index (χ4n) is 1.92. The minimum atomic E-state index is 0.465. The first-order chi connectivity index (χ1) is 8.81. The van der Waals surface area contributed by atoms with Crippen molar-refractivity contribution in [3.05, 3.63) is 34.8 Å². The quantitative estimate of drug-likeness (QED) is 0.836. The summed E-state index contributed by atoms with van der Waals surface area (Å²) in [5.74, 6) is 0.465. The highest BCUT2D eigenvalue weighted by molar-refractivity contribution is 7.09. The molecule has 2 rings (SSSR count). The van der Waals surface area contributed by atoms with Crippen LogP contribution in [0.5, 0.6) is 0 Å². The van der Waals surface area contributed by atoms with Crippen LogP contribution in [0.1, 0.15) is 36.9 Å². The third-order valence-corrected chi connectivity index (χ3v) is 3.90. The third-order valence-electron chi connectivity index (χ3n) is 2.89. The summed E-state index contributed by atoms with van der Waals surface area (Å²) < 4.78 is 2.21. The van der Waals surface area contributed by atoms with Crippen molar-refractivity contribution in [2.75, 3.05) is 6.54 Å². The summed E-state index contributed by atoms with van der Waals surface area (Å²) in [7, 11) is 0. The summed E-state index contributed by atoms with van der Waals surface area (Å²) in [5.41, 5.74) is 1.25. The minimum absolute atomic E-state index is 0.465. The van der Waals surface area contributed by atoms with Gasteiger partial charge in [0, 0.05) is 43.3 Å². The van der Waals surface area contributed by atoms with Crippen molar-refractivity contribution >= 4 is 11.3 Å². The van der Waals surface area contributed by atoms with Crippen molar-refractivity contribution in [2.45, 2.75) is 39.3 Å². The standard InChI is InChI=1S/C13H20N4S/c1-3-5-17-10-15-9-12(17)8-14-7-11(2)13-16-4-6-18-13/h4,6,9-11,14H,3,5,7-8H2,1-2H3. The van der Waals surface area contributed by atoms with Gasteiger partial charge in [0.15, 0.2) is 0 Å². The number of rotatable bonds is 7. The number of nitrogens with one attached hydrogen (secondary N) is 1. The Morgan fingerprint density at radius 2 is 2.39 bits per heavy atom. The van der Waals surface area contributed by atoms with E-state index in [0.717, 1.165) is 26.1 Å². The maximum absolute atomic E-state index is 4.34. The van der Waals surface area contributed by atoms with Crippen LogP contribution in [0, 0.1) is 0 Å². The number of aromatic nitrogens is 3. The van der Waals surface area contributed by atoms with Gasteiger partial charge in [0.2, 0.25) is 0 Å². The molecule has 0 aliphatic carbocycles. The summed E-state index contributed by atoms with van der Waals surface area (Å²) in [5, 5.41) is 6.71. The SMILES string of the molecule is CCCn1cncc1CNCC(C)c1nccs1. The van der Waals surface area contributed by atoms with Gasteiger partial charge in [-0.15, -0.1) is 11.3 Å². The zero-order valence-electron chi connectivity index (χ0n) is 11.0. The van der Waals surface area contributed by atoms with Crippen LogP contribution >= 0.6 is 11.3 Å². The second kappa shape index (κ2) is 6.66. The van der Waals surface area contributed by atoms with Crippen molar-refractivity contribution in [1.29, 1.82) is 0 Å². The lowest BCUT2D eigenvalue weighted by Gasteiger charge is -2.11. The molecule has 2 heterocycles. The Morgan fingerprint density at radius 1 is 1.50 bits per heavy atom. The highest BCUT2D eigenvalue weighted by Gasteiger charge is 2.08. The molecule has 1 N–H and O–H groups in total. The Balaban J connectivity index is 1.79. The van der Waals surface area contributed by atoms with E-state index in [9.17, 15) is 0 Å². The number of imidazole rings is 1. The lowest BCUT2D eigenvalue weighted by Crippen LogP contribution is -2.21. The number of nitrogens with zero attached hydrogens (tertiary/aromatic N) is 3. The summed E-state index contributed by atoms with van der Waals surface area (Å²) in [4.78, 5) is 8.54. The van der Waals surface area contributed by atoms with Crippen LogP contribution in [0.15, 0.2) is 24.1 Å². The van der Waals surface area contributed by atoms with Crippen LogP contribution in [0.25, 0.3) is 0 Å². The maximum Gasteiger partial charge on any atom is 0.0965 e. The number of hydrogen-bond acceptors (Lipinski definition) is 4. The zero-order chi connectivity index (χ0) is 12.8. The Hall–Kier alpha value is -1.20. The summed E-state index contributed by atoms with van der Waals surface area (Å²) in [6.07, 6.45) is 6.85. The summed E-state index contributed by atoms with van der Waals surface area (Å²) >= 11 is 1.72. The van der Waals surface area contributed by atoms with E-state index in [1.54, 1.807) is 11.3 Å². The fraction of sp³-hybridized carbons (Fsp3) is 0.538. The molecule has 0 saturated carbocycles. The summed E-state index contributed by atoms with van der Waals surface area (Å²) in [6, 6.07) is 0. The smallest absolute Gasteiger partial charge is 0.0965 e. The molecule has 5 heteroatoms. The van der Waals surface area contributed by atoms with Crippen molar-refractivity contribution < 1.29 is 0 Å². The van der Waals surface area contributed by atoms with E-state index in [0.29, 0.717) is 5.92 Å². The van der Waals surface area contributed by atoms with Gasteiger partial charge in [-0.1, -0.05) is 13.8 Å². The molecule has 0 fully saturated rings. The molecule has 1 unspecified atom stereocenters. The van der Waals surface area contributed by atoms with Crippen LogP contribution < -0.4 is 5.32 Å². The predicted octanol–water partition coefficient (Wildman–Crippen LogP) is 2.64. The Labute approximate surface area is 112 Å². The minimum Gasteiger partial charge on any atom is -0.333 e. The Kier molecular flexibility index (Phi) is 4.90. The second-order valence-corrected chi connectivity index (χ2v) is 5.41. The van der Waals surface area contributed by atoms with E-state index in [4.69, 9.17) is 0 Å². The highest BCUT2D eigenvalue weighted by atomic mass is 32.1. The monoisotopic (exact) mass is 264 g/mol. The molecule has 1 atom stereocenters. The second-order valence-electron chi connectivity index (χ2n) is 4.48. The van der Waals surface area contributed by atoms with Gasteiger partial charge in [0.1, 0.15) is 0 Å². The molecule has 0 aliphatic rings. The first-order valence-electron chi connectivity index (χ1n) is 6.40. The molecule has 2 aromatic heterocycles. The van der Waals surface area contributed by atoms with Crippen molar-refractivity contribution in [2.24, 2.45) is 0 Å². The molecule has 0 bridgehead atoms. The van der Waals surface area contributed by atoms with Gasteiger partial charge in [-0.05, 0) is 6.42 Å². The number of hydrogen-bond donors (Lipinski definition) is 1. The largest absolute Gasteiger partial charge is 0.333 e. The lowest BCUT2D eigenvalue weighted by molar-refractivity contribution is 0.572. The number of thiazole rings is 1. The van der Waals surface area contributed by atoms with Crippen LogP contribution in [0.2, 0.25) is 0 Å². The molecule has 0 spiro atoms. The lowest BCUT2D eigenvalue weighted by atomic mass is 10.2. The Bertz CT molecular complexity index is 449. The van der Waals surface area contributed by atoms with E-state index in [-0.39, 0.29) is 0 Å². The highest BCUT2D eigenvalue weighted by Crippen LogP contribution is 2.16. The van der Waals surface area contributed by atoms with Gasteiger partial charge < -0.3 is 9.88 Å². The molecule has 2 aromatic rings. The fourth-order valence-corrected chi connectivity index (χ4v) is 2.62. The third kappa shape index (κ3) is 3.40. The van der Waals surface area contributed by atoms with Crippen LogP contribution in [0.3, 0.4) is 0 Å². The zero-order valence-corrected chi connectivity index (χ0v) is 11.8. The van der Waals surface area contributed by atoms with E-state index in [2.05, 4.69) is 33.7 Å². The molecule has 4 nitrogen and oxygen atoms in total. The van der Waals surface area contributed by atoms with E-state index >= 15 is 0 Å². The molecule has 0 aromatic carbocycles. The van der Waals surface area contributed by atoms with Crippen molar-refractivity contribution in [3.63, 3.8) is 0 Å². The van der Waals surface area contributed by atoms with Crippen molar-refractivity contribution in [3.8, 4) is 0 Å². The molecule has 98 valence electrons. The van der Waals surface area contributed by atoms with Crippen LogP contribution in [0.4, 0.5) is 0 Å². The van der Waals surface area contributed by atoms with Crippen LogP contribution in [-0.4, -0.2) is 21.1 Å². The molecule has 0 radical (unpaired) electrons. The van der Waals surface area contributed by atoms with E-state index < -0.39 is 0 Å². The molecule has 0 saturated heterocycles. The van der Waals surface area contributed by atoms with E-state index in [1.807, 2.05) is 24.1 Å². The topological polar surface area (TPSA) is 42.7 Å². The molecule has 18 heavy (non-hydrogen) atoms. The van der Waals surface area contributed by atoms with Gasteiger partial charge >= 0.3 is 0 Å². The van der Waals surface area contributed by atoms with Gasteiger partial charge in [-0.2, -0.15) is 0 Å². The normalized spacial score (nSPS) is 12.8. The van der Waals surface area contributed by atoms with Gasteiger partial charge in [0.25, 0.3) is 0 Å². The molecular weight excluding hydrogens is 244 g/mol. The van der Waals surface area contributed by atoms with Gasteiger partial charge in [-0.3, -0.25) is 0 Å². The Morgan fingerprint density at radius 3 is 3.11 bits per heavy atom. The average Bonchev–Trinajstić information content (AvgIpc) is 3.01. The number of aryl methyl sites for hydroxylation is 1. The van der Waals surface area contributed by atoms with Crippen LogP contribution in [-0.2, 0) is 13.1 Å². The first kappa shape index (κ1) is 13.2. The van der Waals surface area contributed by atoms with Crippen molar-refractivity contribution in [1.82, 2.24) is 19.9 Å². The van der Waals surface area contributed by atoms with E-state index in [1.165, 1.54) is 10.7 Å².